The zero-order valence-electron chi connectivity index (χ0n) is 28.2. The number of aromatic amines is 1. The van der Waals surface area contributed by atoms with Crippen LogP contribution in [0.5, 0.6) is 5.75 Å². The third-order valence-electron chi connectivity index (χ3n) is 9.66. The summed E-state index contributed by atoms with van der Waals surface area (Å²) in [6.45, 7) is 7.03. The third kappa shape index (κ3) is 6.42. The van der Waals surface area contributed by atoms with Crippen molar-refractivity contribution in [2.24, 2.45) is 0 Å². The van der Waals surface area contributed by atoms with E-state index in [1.807, 2.05) is 43.0 Å². The fraction of sp³-hybridized carbons (Fsp3) is 0.324. The number of rotatable bonds is 8. The Morgan fingerprint density at radius 3 is 2.52 bits per heavy atom. The minimum absolute atomic E-state index is 0.0384. The second-order valence-electron chi connectivity index (χ2n) is 12.8. The van der Waals surface area contributed by atoms with Gasteiger partial charge in [-0.3, -0.25) is 14.3 Å². The number of anilines is 1. The van der Waals surface area contributed by atoms with E-state index in [1.165, 1.54) is 13.2 Å². The van der Waals surface area contributed by atoms with Gasteiger partial charge in [0.15, 0.2) is 17.4 Å². The standard InChI is InChI=1S/C37H38F2N8O3/c1-23-6-7-25(17-24(23)2)28-19-29(26-5-4-10-46(22-26)33(48)8-11-47-12-9-41-43-47)34(39)35-30(28)20-31(42-35)37(49)45-15-13-44(14-16-45)36-32(50-3)18-27(38)21-40-36/h5-7,9,12,17-21,42H,4,8,10-11,13-16,22H2,1-3H3. The van der Waals surface area contributed by atoms with E-state index in [1.54, 1.807) is 32.9 Å². The molecule has 0 aliphatic carbocycles. The molecule has 0 atom stereocenters. The summed E-state index contributed by atoms with van der Waals surface area (Å²) in [5.74, 6) is -0.381. The van der Waals surface area contributed by atoms with Crippen molar-refractivity contribution in [2.75, 3.05) is 51.3 Å². The van der Waals surface area contributed by atoms with Gasteiger partial charge >= 0.3 is 0 Å². The molecule has 1 N–H and O–H groups in total. The fourth-order valence-corrected chi connectivity index (χ4v) is 6.72. The molecule has 3 aromatic heterocycles. The molecule has 5 aromatic rings. The molecule has 11 nitrogen and oxygen atoms in total. The van der Waals surface area contributed by atoms with Gasteiger partial charge < -0.3 is 24.4 Å². The zero-order valence-corrected chi connectivity index (χ0v) is 28.2. The van der Waals surface area contributed by atoms with Gasteiger partial charge in [-0.2, -0.15) is 0 Å². The Morgan fingerprint density at radius 2 is 1.78 bits per heavy atom. The van der Waals surface area contributed by atoms with Crippen molar-refractivity contribution in [3.63, 3.8) is 0 Å². The Kier molecular flexibility index (Phi) is 9.04. The topological polar surface area (TPSA) is 112 Å². The number of ether oxygens (including phenoxy) is 1. The van der Waals surface area contributed by atoms with Crippen molar-refractivity contribution in [3.8, 4) is 16.9 Å². The van der Waals surface area contributed by atoms with Crippen molar-refractivity contribution in [1.29, 1.82) is 0 Å². The third-order valence-corrected chi connectivity index (χ3v) is 9.66. The highest BCUT2D eigenvalue weighted by Gasteiger charge is 2.28. The summed E-state index contributed by atoms with van der Waals surface area (Å²) in [5, 5.41) is 8.34. The maximum absolute atomic E-state index is 16.6. The number of fused-ring (bicyclic) bond motifs is 1. The first-order chi connectivity index (χ1) is 24.2. The van der Waals surface area contributed by atoms with E-state index < -0.39 is 11.6 Å². The molecule has 0 saturated carbocycles. The smallest absolute Gasteiger partial charge is 0.270 e. The van der Waals surface area contributed by atoms with Gasteiger partial charge in [-0.15, -0.1) is 5.10 Å². The average Bonchev–Trinajstić information content (AvgIpc) is 3.83. The van der Waals surface area contributed by atoms with E-state index >= 15 is 4.39 Å². The number of aromatic nitrogens is 5. The first-order valence-corrected chi connectivity index (χ1v) is 16.7. The van der Waals surface area contributed by atoms with Crippen LogP contribution < -0.4 is 9.64 Å². The Bertz CT molecular complexity index is 2100. The molecule has 2 aliphatic rings. The molecule has 5 heterocycles. The molecule has 1 fully saturated rings. The molecule has 0 unspecified atom stereocenters. The van der Waals surface area contributed by atoms with Crippen LogP contribution in [0.2, 0.25) is 0 Å². The molecule has 0 radical (unpaired) electrons. The van der Waals surface area contributed by atoms with Gasteiger partial charge in [0.05, 0.1) is 31.6 Å². The number of hydrogen-bond donors (Lipinski definition) is 1. The second-order valence-corrected chi connectivity index (χ2v) is 12.8. The molecule has 2 aliphatic heterocycles. The summed E-state index contributed by atoms with van der Waals surface area (Å²) < 4.78 is 37.3. The van der Waals surface area contributed by atoms with Crippen molar-refractivity contribution in [3.05, 3.63) is 95.1 Å². The number of H-pyrrole nitrogens is 1. The lowest BCUT2D eigenvalue weighted by Crippen LogP contribution is -2.49. The maximum Gasteiger partial charge on any atom is 0.270 e. The van der Waals surface area contributed by atoms with Crippen LogP contribution in [-0.2, 0) is 11.3 Å². The highest BCUT2D eigenvalue weighted by molar-refractivity contribution is 6.04. The van der Waals surface area contributed by atoms with Gasteiger partial charge in [0.2, 0.25) is 5.91 Å². The summed E-state index contributed by atoms with van der Waals surface area (Å²) in [4.78, 5) is 39.8. The van der Waals surface area contributed by atoms with Gasteiger partial charge in [-0.25, -0.2) is 13.8 Å². The van der Waals surface area contributed by atoms with Gasteiger partial charge in [-0.05, 0) is 60.2 Å². The van der Waals surface area contributed by atoms with Crippen LogP contribution in [0.25, 0.3) is 27.6 Å². The summed E-state index contributed by atoms with van der Waals surface area (Å²) >= 11 is 0. The van der Waals surface area contributed by atoms with Gasteiger partial charge in [0, 0.05) is 68.9 Å². The molecule has 2 aromatic carbocycles. The normalized spacial score (nSPS) is 15.1. The predicted octanol–water partition coefficient (Wildman–Crippen LogP) is 5.39. The van der Waals surface area contributed by atoms with Crippen molar-refractivity contribution in [2.45, 2.75) is 33.2 Å². The summed E-state index contributed by atoms with van der Waals surface area (Å²) in [6, 6.07) is 11.0. The number of methoxy groups -OCH3 is 1. The fourth-order valence-electron chi connectivity index (χ4n) is 6.72. The molecule has 1 saturated heterocycles. The van der Waals surface area contributed by atoms with E-state index in [2.05, 4.69) is 26.3 Å². The number of aryl methyl sites for hydroxylation is 3. The molecule has 0 spiro atoms. The lowest BCUT2D eigenvalue weighted by Gasteiger charge is -2.35. The molecule has 13 heteroatoms. The quantitative estimate of drug-likeness (QED) is 0.234. The minimum Gasteiger partial charge on any atom is -0.493 e. The molecule has 0 bridgehead atoms. The molecule has 50 heavy (non-hydrogen) atoms. The van der Waals surface area contributed by atoms with E-state index in [-0.39, 0.29) is 36.0 Å². The average molecular weight is 681 g/mol. The highest BCUT2D eigenvalue weighted by atomic mass is 19.1. The lowest BCUT2D eigenvalue weighted by molar-refractivity contribution is -0.131. The maximum atomic E-state index is 16.6. The number of nitrogens with one attached hydrogen (secondary N) is 1. The second kappa shape index (κ2) is 13.7. The van der Waals surface area contributed by atoms with Crippen LogP contribution in [0.3, 0.4) is 0 Å². The summed E-state index contributed by atoms with van der Waals surface area (Å²) in [6.07, 6.45) is 7.29. The Hall–Kier alpha value is -5.59. The number of hydrogen-bond acceptors (Lipinski definition) is 7. The van der Waals surface area contributed by atoms with Gasteiger partial charge in [0.25, 0.3) is 5.91 Å². The van der Waals surface area contributed by atoms with Crippen LogP contribution in [0.15, 0.2) is 61.1 Å². The molecule has 7 rings (SSSR count). The van der Waals surface area contributed by atoms with Crippen molar-refractivity contribution in [1.82, 2.24) is 34.8 Å². The minimum atomic E-state index is -0.487. The first-order valence-electron chi connectivity index (χ1n) is 16.7. The van der Waals surface area contributed by atoms with Crippen LogP contribution in [-0.4, -0.2) is 93.0 Å². The molecule has 258 valence electrons. The lowest BCUT2D eigenvalue weighted by atomic mass is 9.92. The number of nitrogens with zero attached hydrogens (tertiary/aromatic N) is 7. The number of halogens is 2. The van der Waals surface area contributed by atoms with E-state index in [9.17, 15) is 14.0 Å². The van der Waals surface area contributed by atoms with Crippen LogP contribution in [0, 0.1) is 25.5 Å². The van der Waals surface area contributed by atoms with Gasteiger partial charge in [-0.1, -0.05) is 29.5 Å². The predicted molar refractivity (Wildman–Crippen MR) is 186 cm³/mol. The Labute approximate surface area is 288 Å². The van der Waals surface area contributed by atoms with Gasteiger partial charge in [0.1, 0.15) is 11.5 Å². The first kappa shape index (κ1) is 32.9. The van der Waals surface area contributed by atoms with E-state index in [0.29, 0.717) is 68.2 Å². The zero-order chi connectivity index (χ0) is 34.9. The van der Waals surface area contributed by atoms with Crippen LogP contribution in [0.4, 0.5) is 14.6 Å². The number of benzene rings is 2. The highest BCUT2D eigenvalue weighted by Crippen LogP contribution is 2.38. The summed E-state index contributed by atoms with van der Waals surface area (Å²) in [5.41, 5.74) is 5.59. The number of piperazine rings is 1. The van der Waals surface area contributed by atoms with E-state index in [0.717, 1.165) is 34.0 Å². The van der Waals surface area contributed by atoms with Crippen molar-refractivity contribution < 1.29 is 23.1 Å². The number of amides is 2. The summed E-state index contributed by atoms with van der Waals surface area (Å²) in [7, 11) is 1.47. The number of carbonyl (C=O) groups excluding carboxylic acids is 2. The van der Waals surface area contributed by atoms with Crippen LogP contribution in [0.1, 0.15) is 40.0 Å². The Balaban J connectivity index is 1.18. The number of carbonyl (C=O) groups is 2. The van der Waals surface area contributed by atoms with Crippen molar-refractivity contribution >= 4 is 34.1 Å². The molecule has 2 amide bonds. The largest absolute Gasteiger partial charge is 0.493 e. The monoisotopic (exact) mass is 680 g/mol. The SMILES string of the molecule is COc1cc(F)cnc1N1CCN(C(=O)c2cc3c(-c4ccc(C)c(C)c4)cc(C4=CCCN(C(=O)CCn5ccnn5)C4)c(F)c3[nH]2)CC1. The molecular formula is C37H38F2N8O3. The van der Waals surface area contributed by atoms with E-state index in [4.69, 9.17) is 4.74 Å². The Morgan fingerprint density at radius 1 is 0.960 bits per heavy atom. The van der Waals surface area contributed by atoms with Crippen LogP contribution >= 0.6 is 0 Å². The number of pyridine rings is 1. The molecular weight excluding hydrogens is 642 g/mol.